The van der Waals surface area contributed by atoms with Crippen LogP contribution in [0.15, 0.2) is 0 Å². The maximum absolute atomic E-state index is 2.57. The predicted molar refractivity (Wildman–Crippen MR) is 57.9 cm³/mol. The zero-order valence-electron chi connectivity index (χ0n) is 9.82. The van der Waals surface area contributed by atoms with E-state index in [9.17, 15) is 0 Å². The highest BCUT2D eigenvalue weighted by Crippen LogP contribution is 2.92. The first-order chi connectivity index (χ1) is 6.48. The molecule has 78 valence electrons. The molecule has 1 spiro atoms. The largest absolute Gasteiger partial charge is 0.0648 e. The lowest BCUT2D eigenvalue weighted by Gasteiger charge is -2.49. The summed E-state index contributed by atoms with van der Waals surface area (Å²) in [5, 5.41) is 0. The summed E-state index contributed by atoms with van der Waals surface area (Å²) in [7, 11) is 0. The molecule has 0 saturated heterocycles. The third kappa shape index (κ3) is 0.558. The van der Waals surface area contributed by atoms with Gasteiger partial charge in [0.05, 0.1) is 0 Å². The smallest absolute Gasteiger partial charge is 0.0197 e. The molecule has 0 amide bonds. The van der Waals surface area contributed by atoms with E-state index < -0.39 is 0 Å². The summed E-state index contributed by atoms with van der Waals surface area (Å²) in [5.74, 6) is 1.14. The van der Waals surface area contributed by atoms with Crippen LogP contribution in [-0.2, 0) is 0 Å². The summed E-state index contributed by atoms with van der Waals surface area (Å²) < 4.78 is 0. The van der Waals surface area contributed by atoms with Gasteiger partial charge < -0.3 is 0 Å². The van der Waals surface area contributed by atoms with Crippen molar-refractivity contribution in [1.29, 1.82) is 0 Å². The van der Waals surface area contributed by atoms with E-state index in [1.807, 2.05) is 0 Å². The second-order valence-corrected chi connectivity index (χ2v) is 7.72. The second kappa shape index (κ2) is 1.72. The van der Waals surface area contributed by atoms with Gasteiger partial charge in [0.25, 0.3) is 0 Å². The Balaban J connectivity index is 1.84. The normalized spacial score (nSPS) is 72.6. The van der Waals surface area contributed by atoms with Gasteiger partial charge in [-0.3, -0.25) is 0 Å². The van der Waals surface area contributed by atoms with Crippen molar-refractivity contribution < 1.29 is 0 Å². The molecule has 3 unspecified atom stereocenters. The van der Waals surface area contributed by atoms with Crippen LogP contribution in [0, 0.1) is 27.6 Å². The molecule has 0 aromatic carbocycles. The molecule has 0 heterocycles. The van der Waals surface area contributed by atoms with Gasteiger partial charge >= 0.3 is 0 Å². The van der Waals surface area contributed by atoms with Crippen LogP contribution < -0.4 is 0 Å². The zero-order chi connectivity index (χ0) is 9.82. The number of hydrogen-bond donors (Lipinski definition) is 0. The Bertz CT molecular complexity index is 323. The SMILES string of the molecule is CCC12CC3(C)CC1(C3)C1CC1(C)C2. The van der Waals surface area contributed by atoms with Crippen LogP contribution in [-0.4, -0.2) is 0 Å². The van der Waals surface area contributed by atoms with Crippen molar-refractivity contribution >= 4 is 0 Å². The standard InChI is InChI=1S/C14H22/c1-4-13-6-11(2)7-14(13,8-11)10-5-12(10,3)9-13/h10H,4-9H2,1-3H3. The van der Waals surface area contributed by atoms with Crippen LogP contribution in [0.5, 0.6) is 0 Å². The molecule has 0 N–H and O–H groups in total. The molecule has 14 heavy (non-hydrogen) atoms. The summed E-state index contributed by atoms with van der Waals surface area (Å²) >= 11 is 0. The van der Waals surface area contributed by atoms with Crippen LogP contribution in [0.1, 0.15) is 59.3 Å². The Morgan fingerprint density at radius 1 is 1.07 bits per heavy atom. The van der Waals surface area contributed by atoms with Crippen molar-refractivity contribution in [1.82, 2.24) is 0 Å². The van der Waals surface area contributed by atoms with Crippen molar-refractivity contribution in [2.24, 2.45) is 27.6 Å². The summed E-state index contributed by atoms with van der Waals surface area (Å²) in [6.45, 7) is 7.57. The van der Waals surface area contributed by atoms with E-state index in [-0.39, 0.29) is 0 Å². The number of hydrogen-bond acceptors (Lipinski definition) is 0. The van der Waals surface area contributed by atoms with Gasteiger partial charge in [0, 0.05) is 0 Å². The Labute approximate surface area is 87.5 Å². The molecule has 5 aliphatic rings. The van der Waals surface area contributed by atoms with Crippen molar-refractivity contribution in [2.75, 3.05) is 0 Å². The molecular weight excluding hydrogens is 168 g/mol. The summed E-state index contributed by atoms with van der Waals surface area (Å²) in [5.41, 5.74) is 3.24. The monoisotopic (exact) mass is 190 g/mol. The lowest BCUT2D eigenvalue weighted by atomic mass is 9.55. The molecule has 0 radical (unpaired) electrons. The van der Waals surface area contributed by atoms with Crippen LogP contribution in [0.3, 0.4) is 0 Å². The maximum atomic E-state index is 2.57. The summed E-state index contributed by atoms with van der Waals surface area (Å²) in [6.07, 6.45) is 9.38. The molecule has 5 fully saturated rings. The fraction of sp³-hybridized carbons (Fsp3) is 1.00. The predicted octanol–water partition coefficient (Wildman–Crippen LogP) is 4.00. The van der Waals surface area contributed by atoms with Crippen LogP contribution in [0.2, 0.25) is 0 Å². The minimum Gasteiger partial charge on any atom is -0.0648 e. The molecule has 0 nitrogen and oxygen atoms in total. The first-order valence-electron chi connectivity index (χ1n) is 6.48. The van der Waals surface area contributed by atoms with Gasteiger partial charge in [-0.25, -0.2) is 0 Å². The lowest BCUT2D eigenvalue weighted by Crippen LogP contribution is -2.41. The second-order valence-electron chi connectivity index (χ2n) is 7.72. The van der Waals surface area contributed by atoms with Crippen LogP contribution in [0.4, 0.5) is 0 Å². The topological polar surface area (TPSA) is 0 Å². The molecule has 0 aromatic rings. The average molecular weight is 190 g/mol. The average Bonchev–Trinajstić information content (AvgIpc) is 2.43. The fourth-order valence-electron chi connectivity index (χ4n) is 6.66. The quantitative estimate of drug-likeness (QED) is 0.586. The number of rotatable bonds is 1. The van der Waals surface area contributed by atoms with Gasteiger partial charge in [-0.15, -0.1) is 0 Å². The molecule has 0 aromatic heterocycles. The minimum atomic E-state index is 0.778. The van der Waals surface area contributed by atoms with Gasteiger partial charge in [0.2, 0.25) is 0 Å². The van der Waals surface area contributed by atoms with E-state index in [4.69, 9.17) is 0 Å². The Kier molecular flexibility index (Phi) is 1.01. The van der Waals surface area contributed by atoms with Crippen LogP contribution in [0.25, 0.3) is 0 Å². The van der Waals surface area contributed by atoms with Crippen LogP contribution >= 0.6 is 0 Å². The van der Waals surface area contributed by atoms with Gasteiger partial charge in [0.15, 0.2) is 0 Å². The van der Waals surface area contributed by atoms with E-state index in [1.165, 1.54) is 6.42 Å². The van der Waals surface area contributed by atoms with Gasteiger partial charge in [-0.05, 0) is 66.1 Å². The van der Waals surface area contributed by atoms with Gasteiger partial charge in [-0.2, -0.15) is 0 Å². The van der Waals surface area contributed by atoms with E-state index in [1.54, 1.807) is 32.1 Å². The van der Waals surface area contributed by atoms with Crippen molar-refractivity contribution in [3.8, 4) is 0 Å². The Morgan fingerprint density at radius 3 is 2.36 bits per heavy atom. The molecule has 3 atom stereocenters. The fourth-order valence-corrected chi connectivity index (χ4v) is 6.66. The highest BCUT2D eigenvalue weighted by molar-refractivity contribution is 5.32. The van der Waals surface area contributed by atoms with E-state index >= 15 is 0 Å². The third-order valence-corrected chi connectivity index (χ3v) is 6.74. The minimum absolute atomic E-state index is 0.778. The van der Waals surface area contributed by atoms with E-state index in [2.05, 4.69) is 20.8 Å². The van der Waals surface area contributed by atoms with Crippen molar-refractivity contribution in [3.05, 3.63) is 0 Å². The molecule has 2 bridgehead atoms. The highest BCUT2D eigenvalue weighted by atomic mass is 14.9. The van der Waals surface area contributed by atoms with Crippen molar-refractivity contribution in [3.63, 3.8) is 0 Å². The zero-order valence-corrected chi connectivity index (χ0v) is 9.82. The Morgan fingerprint density at radius 2 is 1.79 bits per heavy atom. The van der Waals surface area contributed by atoms with E-state index in [0.29, 0.717) is 0 Å². The molecule has 0 aliphatic heterocycles. The van der Waals surface area contributed by atoms with Gasteiger partial charge in [-0.1, -0.05) is 20.8 Å². The molecule has 5 aliphatic carbocycles. The highest BCUT2D eigenvalue weighted by Gasteiger charge is 2.83. The molecule has 5 saturated carbocycles. The van der Waals surface area contributed by atoms with Gasteiger partial charge in [0.1, 0.15) is 0 Å². The lowest BCUT2D eigenvalue weighted by molar-refractivity contribution is -0.00431. The van der Waals surface area contributed by atoms with Crippen molar-refractivity contribution in [2.45, 2.75) is 59.3 Å². The first-order valence-corrected chi connectivity index (χ1v) is 6.48. The Hall–Kier alpha value is 0. The summed E-state index contributed by atoms with van der Waals surface area (Å²) in [4.78, 5) is 0. The summed E-state index contributed by atoms with van der Waals surface area (Å²) in [6, 6.07) is 0. The third-order valence-electron chi connectivity index (χ3n) is 6.74. The number of fused-ring (bicyclic) bond motifs is 1. The van der Waals surface area contributed by atoms with E-state index in [0.717, 1.165) is 27.6 Å². The molecule has 0 heteroatoms. The molecule has 5 rings (SSSR count). The first kappa shape index (κ1) is 8.19. The molecular formula is C14H22. The maximum Gasteiger partial charge on any atom is -0.0197 e.